The van der Waals surface area contributed by atoms with Gasteiger partial charge in [-0.25, -0.2) is 4.39 Å². The number of amides is 2. The van der Waals surface area contributed by atoms with Crippen LogP contribution < -0.4 is 16.4 Å². The maximum absolute atomic E-state index is 12.8. The lowest BCUT2D eigenvalue weighted by Crippen LogP contribution is -2.22. The third-order valence-corrected chi connectivity index (χ3v) is 3.62. The monoisotopic (exact) mass is 379 g/mol. The summed E-state index contributed by atoms with van der Waals surface area (Å²) in [7, 11) is 0. The second-order valence-electron chi connectivity index (χ2n) is 5.95. The summed E-state index contributed by atoms with van der Waals surface area (Å²) in [6.07, 6.45) is 0.979. The van der Waals surface area contributed by atoms with E-state index in [1.54, 1.807) is 36.4 Å². The molecule has 2 rings (SSSR count). The lowest BCUT2D eigenvalue weighted by Gasteiger charge is -2.08. The van der Waals surface area contributed by atoms with E-state index >= 15 is 0 Å². The van der Waals surface area contributed by atoms with Crippen molar-refractivity contribution in [2.75, 3.05) is 5.32 Å². The minimum absolute atomic E-state index is 0. The number of anilines is 1. The lowest BCUT2D eigenvalue weighted by atomic mass is 10.1. The van der Waals surface area contributed by atoms with Gasteiger partial charge < -0.3 is 16.4 Å². The number of hydrogen-bond acceptors (Lipinski definition) is 3. The highest BCUT2D eigenvalue weighted by molar-refractivity contribution is 5.95. The Morgan fingerprint density at radius 2 is 1.69 bits per heavy atom. The smallest absolute Gasteiger partial charge is 0.251 e. The first-order chi connectivity index (χ1) is 11.9. The highest BCUT2D eigenvalue weighted by atomic mass is 35.5. The second-order valence-corrected chi connectivity index (χ2v) is 5.95. The normalized spacial score (nSPS) is 11.2. The van der Waals surface area contributed by atoms with Gasteiger partial charge in [-0.05, 0) is 55.3 Å². The van der Waals surface area contributed by atoms with Gasteiger partial charge in [0.25, 0.3) is 5.91 Å². The number of halogens is 2. The van der Waals surface area contributed by atoms with Gasteiger partial charge >= 0.3 is 0 Å². The maximum Gasteiger partial charge on any atom is 0.251 e. The van der Waals surface area contributed by atoms with Gasteiger partial charge in [-0.2, -0.15) is 0 Å². The summed E-state index contributed by atoms with van der Waals surface area (Å²) >= 11 is 0. The Bertz CT molecular complexity index is 719. The van der Waals surface area contributed by atoms with Crippen LogP contribution in [0.25, 0.3) is 0 Å². The Morgan fingerprint density at radius 1 is 1.08 bits per heavy atom. The summed E-state index contributed by atoms with van der Waals surface area (Å²) in [5.41, 5.74) is 7.55. The van der Waals surface area contributed by atoms with Crippen LogP contribution in [-0.2, 0) is 11.3 Å². The molecule has 0 heterocycles. The molecular weight excluding hydrogens is 357 g/mol. The largest absolute Gasteiger partial charge is 0.348 e. The van der Waals surface area contributed by atoms with Crippen molar-refractivity contribution in [3.8, 4) is 0 Å². The van der Waals surface area contributed by atoms with E-state index in [4.69, 9.17) is 5.73 Å². The van der Waals surface area contributed by atoms with Crippen LogP contribution in [0.4, 0.5) is 10.1 Å². The molecule has 2 aromatic carbocycles. The average molecular weight is 380 g/mol. The highest BCUT2D eigenvalue weighted by Gasteiger charge is 2.07. The van der Waals surface area contributed by atoms with Crippen LogP contribution in [0.5, 0.6) is 0 Å². The molecule has 0 saturated carbocycles. The Hall–Kier alpha value is -2.44. The zero-order valence-electron chi connectivity index (χ0n) is 14.5. The zero-order chi connectivity index (χ0) is 18.2. The van der Waals surface area contributed by atoms with Crippen LogP contribution in [0, 0.1) is 5.82 Å². The van der Waals surface area contributed by atoms with E-state index in [0.717, 1.165) is 5.56 Å². The van der Waals surface area contributed by atoms with E-state index in [1.165, 1.54) is 12.1 Å². The quantitative estimate of drug-likeness (QED) is 0.690. The number of nitrogens with two attached hydrogens (primary N) is 1. The molecule has 0 fully saturated rings. The number of nitrogens with one attached hydrogen (secondary N) is 2. The molecule has 1 unspecified atom stereocenters. The average Bonchev–Trinajstić information content (AvgIpc) is 2.60. The van der Waals surface area contributed by atoms with Gasteiger partial charge in [0.05, 0.1) is 0 Å². The van der Waals surface area contributed by atoms with E-state index in [9.17, 15) is 14.0 Å². The van der Waals surface area contributed by atoms with Crippen molar-refractivity contribution in [2.45, 2.75) is 32.4 Å². The predicted octanol–water partition coefficient (Wildman–Crippen LogP) is 3.24. The minimum Gasteiger partial charge on any atom is -0.348 e. The molecule has 26 heavy (non-hydrogen) atoms. The molecule has 0 bridgehead atoms. The van der Waals surface area contributed by atoms with E-state index in [2.05, 4.69) is 10.6 Å². The number of rotatable bonds is 7. The van der Waals surface area contributed by atoms with Crippen molar-refractivity contribution < 1.29 is 14.0 Å². The highest BCUT2D eigenvalue weighted by Crippen LogP contribution is 2.11. The van der Waals surface area contributed by atoms with Crippen molar-refractivity contribution in [3.05, 3.63) is 65.5 Å². The Kier molecular flexibility index (Phi) is 8.75. The second kappa shape index (κ2) is 10.5. The SMILES string of the molecule is CC(N)CCC(=O)Nc1ccc(C(=O)NCc2ccc(F)cc2)cc1.Cl. The van der Waals surface area contributed by atoms with Crippen molar-refractivity contribution in [1.29, 1.82) is 0 Å². The molecule has 0 spiro atoms. The van der Waals surface area contributed by atoms with Gasteiger partial charge in [0, 0.05) is 30.3 Å². The van der Waals surface area contributed by atoms with Gasteiger partial charge in [-0.3, -0.25) is 9.59 Å². The first kappa shape index (κ1) is 21.6. The molecule has 0 radical (unpaired) electrons. The van der Waals surface area contributed by atoms with Crippen LogP contribution >= 0.6 is 12.4 Å². The number of hydrogen-bond donors (Lipinski definition) is 3. The van der Waals surface area contributed by atoms with Crippen molar-refractivity contribution in [2.24, 2.45) is 5.73 Å². The minimum atomic E-state index is -0.311. The molecule has 0 aliphatic rings. The molecule has 0 aromatic heterocycles. The topological polar surface area (TPSA) is 84.2 Å². The van der Waals surface area contributed by atoms with Gasteiger partial charge in [0.1, 0.15) is 5.82 Å². The standard InChI is InChI=1S/C19H22FN3O2.ClH/c1-13(21)2-11-18(24)23-17-9-5-15(6-10-17)19(25)22-12-14-3-7-16(20)8-4-14;/h3-10,13H,2,11-12,21H2,1H3,(H,22,25)(H,23,24);1H. The fourth-order valence-corrected chi connectivity index (χ4v) is 2.17. The van der Waals surface area contributed by atoms with Crippen LogP contribution in [0.3, 0.4) is 0 Å². The molecule has 0 aliphatic carbocycles. The van der Waals surface area contributed by atoms with Crippen LogP contribution in [0.1, 0.15) is 35.7 Å². The Labute approximate surface area is 158 Å². The number of carbonyl (C=O) groups is 2. The van der Waals surface area contributed by atoms with Crippen molar-refractivity contribution >= 4 is 29.9 Å². The van der Waals surface area contributed by atoms with Crippen LogP contribution in [-0.4, -0.2) is 17.9 Å². The van der Waals surface area contributed by atoms with Gasteiger partial charge in [0.2, 0.25) is 5.91 Å². The zero-order valence-corrected chi connectivity index (χ0v) is 15.3. The molecule has 4 N–H and O–H groups in total. The molecule has 1 atom stereocenters. The summed E-state index contributed by atoms with van der Waals surface area (Å²) in [5, 5.41) is 5.53. The Balaban J connectivity index is 0.00000338. The fourth-order valence-electron chi connectivity index (χ4n) is 2.17. The molecule has 0 saturated heterocycles. The maximum atomic E-state index is 12.8. The van der Waals surface area contributed by atoms with Gasteiger partial charge in [-0.15, -0.1) is 12.4 Å². The fraction of sp³-hybridized carbons (Fsp3) is 0.263. The molecule has 140 valence electrons. The van der Waals surface area contributed by atoms with Crippen LogP contribution in [0.15, 0.2) is 48.5 Å². The Morgan fingerprint density at radius 3 is 2.27 bits per heavy atom. The lowest BCUT2D eigenvalue weighted by molar-refractivity contribution is -0.116. The summed E-state index contributed by atoms with van der Waals surface area (Å²) in [5.74, 6) is -0.654. The molecule has 7 heteroatoms. The summed E-state index contributed by atoms with van der Waals surface area (Å²) in [6.45, 7) is 2.17. The number of benzene rings is 2. The summed E-state index contributed by atoms with van der Waals surface area (Å²) in [4.78, 5) is 23.9. The molecule has 2 amide bonds. The third-order valence-electron chi connectivity index (χ3n) is 3.62. The van der Waals surface area contributed by atoms with Crippen molar-refractivity contribution in [3.63, 3.8) is 0 Å². The van der Waals surface area contributed by atoms with Gasteiger partial charge in [0.15, 0.2) is 0 Å². The molecule has 0 aliphatic heterocycles. The summed E-state index contributed by atoms with van der Waals surface area (Å²) < 4.78 is 12.8. The third kappa shape index (κ3) is 7.21. The van der Waals surface area contributed by atoms with E-state index in [0.29, 0.717) is 30.6 Å². The van der Waals surface area contributed by atoms with Gasteiger partial charge in [-0.1, -0.05) is 12.1 Å². The van der Waals surface area contributed by atoms with E-state index < -0.39 is 0 Å². The number of carbonyl (C=O) groups excluding carboxylic acids is 2. The van der Waals surface area contributed by atoms with E-state index in [1.807, 2.05) is 6.92 Å². The predicted molar refractivity (Wildman–Crippen MR) is 103 cm³/mol. The molecular formula is C19H23ClFN3O2. The summed E-state index contributed by atoms with van der Waals surface area (Å²) in [6, 6.07) is 12.6. The van der Waals surface area contributed by atoms with E-state index in [-0.39, 0.29) is 36.1 Å². The van der Waals surface area contributed by atoms with Crippen LogP contribution in [0.2, 0.25) is 0 Å². The molecule has 5 nitrogen and oxygen atoms in total. The van der Waals surface area contributed by atoms with Crippen molar-refractivity contribution in [1.82, 2.24) is 5.32 Å². The first-order valence-electron chi connectivity index (χ1n) is 8.12. The molecule has 2 aromatic rings. The first-order valence-corrected chi connectivity index (χ1v) is 8.12.